The number of amides is 2. The summed E-state index contributed by atoms with van der Waals surface area (Å²) in [4.78, 5) is 46.2. The minimum Gasteiger partial charge on any atom is -0.338 e. The number of rotatable bonds is 6. The number of aryl methyl sites for hydroxylation is 2. The summed E-state index contributed by atoms with van der Waals surface area (Å²) in [7, 11) is 0. The molecule has 1 fully saturated rings. The van der Waals surface area contributed by atoms with Crippen LogP contribution in [-0.4, -0.2) is 34.1 Å². The molecule has 9 heteroatoms. The maximum atomic E-state index is 14.2. The minimum absolute atomic E-state index is 0. The van der Waals surface area contributed by atoms with Gasteiger partial charge in [-0.25, -0.2) is 14.2 Å². The van der Waals surface area contributed by atoms with Gasteiger partial charge in [-0.15, -0.1) is 12.4 Å². The Kier molecular flexibility index (Phi) is 8.30. The molecule has 1 aliphatic rings. The number of pyridine rings is 2. The fourth-order valence-electron chi connectivity index (χ4n) is 4.53. The van der Waals surface area contributed by atoms with Crippen molar-refractivity contribution >= 4 is 35.8 Å². The number of carbonyl (C=O) groups is 3. The molecule has 182 valence electrons. The Morgan fingerprint density at radius 1 is 1.06 bits per heavy atom. The third-order valence-electron chi connectivity index (χ3n) is 6.06. The number of nitrogens with zero attached hydrogens (tertiary/aromatic N) is 2. The van der Waals surface area contributed by atoms with E-state index in [4.69, 9.17) is 0 Å². The number of carbonyl (C=O) groups excluding carboxylic acids is 3. The lowest BCUT2D eigenvalue weighted by molar-refractivity contribution is -0.124. The zero-order valence-electron chi connectivity index (χ0n) is 19.4. The molecule has 2 N–H and O–H groups in total. The summed E-state index contributed by atoms with van der Waals surface area (Å²) in [5.74, 6) is -1.57. The van der Waals surface area contributed by atoms with Crippen LogP contribution >= 0.6 is 12.4 Å². The lowest BCUT2D eigenvalue weighted by Crippen LogP contribution is -2.31. The first kappa shape index (κ1) is 26.0. The molecule has 0 bridgehead atoms. The van der Waals surface area contributed by atoms with Crippen LogP contribution in [-0.2, 0) is 9.59 Å². The quantitative estimate of drug-likeness (QED) is 0.478. The zero-order valence-corrected chi connectivity index (χ0v) is 20.2. The Morgan fingerprint density at radius 3 is 2.43 bits per heavy atom. The molecule has 3 aromatic rings. The van der Waals surface area contributed by atoms with Gasteiger partial charge in [0.05, 0.1) is 0 Å². The maximum Gasteiger partial charge on any atom is 0.320 e. The van der Waals surface area contributed by atoms with Gasteiger partial charge in [-0.2, -0.15) is 0 Å². The molecule has 2 amide bonds. The third kappa shape index (κ3) is 5.71. The van der Waals surface area contributed by atoms with E-state index in [1.165, 1.54) is 18.3 Å². The van der Waals surface area contributed by atoms with Gasteiger partial charge in [-0.3, -0.25) is 19.9 Å². The second-order valence-electron chi connectivity index (χ2n) is 8.44. The van der Waals surface area contributed by atoms with Gasteiger partial charge in [0.25, 0.3) is 0 Å². The predicted octanol–water partition coefficient (Wildman–Crippen LogP) is 4.77. The molecule has 0 aliphatic heterocycles. The Labute approximate surface area is 209 Å². The van der Waals surface area contributed by atoms with Crippen LogP contribution in [0.3, 0.4) is 0 Å². The molecule has 35 heavy (non-hydrogen) atoms. The Bertz CT molecular complexity index is 1230. The van der Waals surface area contributed by atoms with Crippen LogP contribution in [0.4, 0.5) is 15.0 Å². The Hall–Kier alpha value is -3.65. The van der Waals surface area contributed by atoms with Crippen molar-refractivity contribution in [3.63, 3.8) is 0 Å². The summed E-state index contributed by atoms with van der Waals surface area (Å²) >= 11 is 0. The maximum absolute atomic E-state index is 14.2. The lowest BCUT2D eigenvalue weighted by atomic mass is 9.85. The first-order valence-corrected chi connectivity index (χ1v) is 11.1. The van der Waals surface area contributed by atoms with E-state index in [9.17, 15) is 18.8 Å². The molecule has 2 aromatic heterocycles. The van der Waals surface area contributed by atoms with Crippen molar-refractivity contribution < 1.29 is 18.8 Å². The van der Waals surface area contributed by atoms with Crippen LogP contribution in [0.1, 0.15) is 35.4 Å². The van der Waals surface area contributed by atoms with Crippen LogP contribution in [0.25, 0.3) is 11.3 Å². The summed E-state index contributed by atoms with van der Waals surface area (Å²) in [6, 6.07) is 11.2. The smallest absolute Gasteiger partial charge is 0.320 e. The van der Waals surface area contributed by atoms with E-state index in [0.29, 0.717) is 23.4 Å². The van der Waals surface area contributed by atoms with Gasteiger partial charge >= 0.3 is 6.03 Å². The average molecular weight is 497 g/mol. The van der Waals surface area contributed by atoms with E-state index in [1.807, 2.05) is 13.8 Å². The molecule has 1 aromatic carbocycles. The SMILES string of the molecule is Cc1cc(-c2ncccc2F)cc(C)c1C1C(=O)CC(CCNC(=O)Nc2ccccn2)C1=O.Cl. The van der Waals surface area contributed by atoms with Crippen LogP contribution in [0, 0.1) is 25.6 Å². The molecule has 2 heterocycles. The van der Waals surface area contributed by atoms with Gasteiger partial charge in [0.1, 0.15) is 29.0 Å². The van der Waals surface area contributed by atoms with Crippen molar-refractivity contribution in [3.8, 4) is 11.3 Å². The molecule has 0 saturated heterocycles. The fourth-order valence-corrected chi connectivity index (χ4v) is 4.53. The predicted molar refractivity (Wildman–Crippen MR) is 133 cm³/mol. The van der Waals surface area contributed by atoms with Gasteiger partial charge < -0.3 is 5.32 Å². The highest BCUT2D eigenvalue weighted by atomic mass is 35.5. The molecule has 4 rings (SSSR count). The molecule has 2 unspecified atom stereocenters. The standard InChI is InChI=1S/C26H25FN4O3.ClH/c1-15-12-18(24-19(27)6-5-10-29-24)13-16(2)22(15)23-20(32)14-17(25(23)33)8-11-30-26(34)31-21-7-3-4-9-28-21;/h3-7,9-10,12-13,17,23H,8,11,14H2,1-2H3,(H2,28,30,31,34);1H. The molecular weight excluding hydrogens is 471 g/mol. The third-order valence-corrected chi connectivity index (χ3v) is 6.06. The van der Waals surface area contributed by atoms with Crippen LogP contribution < -0.4 is 10.6 Å². The largest absolute Gasteiger partial charge is 0.338 e. The van der Waals surface area contributed by atoms with Crippen LogP contribution in [0.15, 0.2) is 54.9 Å². The summed E-state index contributed by atoms with van der Waals surface area (Å²) in [6.07, 6.45) is 3.60. The van der Waals surface area contributed by atoms with Crippen molar-refractivity contribution in [2.45, 2.75) is 32.6 Å². The average Bonchev–Trinajstić information content (AvgIpc) is 3.07. The van der Waals surface area contributed by atoms with Crippen molar-refractivity contribution in [3.05, 3.63) is 77.4 Å². The number of anilines is 1. The molecule has 1 saturated carbocycles. The van der Waals surface area contributed by atoms with E-state index in [-0.39, 0.29) is 42.6 Å². The minimum atomic E-state index is -0.838. The number of hydrogen-bond acceptors (Lipinski definition) is 5. The number of halogens is 2. The summed E-state index contributed by atoms with van der Waals surface area (Å²) in [6.45, 7) is 3.90. The van der Waals surface area contributed by atoms with E-state index < -0.39 is 23.7 Å². The number of urea groups is 1. The summed E-state index contributed by atoms with van der Waals surface area (Å²) in [5, 5.41) is 5.32. The van der Waals surface area contributed by atoms with Crippen molar-refractivity contribution in [1.82, 2.24) is 15.3 Å². The van der Waals surface area contributed by atoms with Gasteiger partial charge in [0.2, 0.25) is 0 Å². The molecule has 7 nitrogen and oxygen atoms in total. The number of Topliss-reactive ketones (excluding diaryl/α,β-unsaturated/α-hetero) is 2. The van der Waals surface area contributed by atoms with Gasteiger partial charge in [-0.1, -0.05) is 6.07 Å². The Balaban J connectivity index is 0.00000342. The Morgan fingerprint density at radius 2 is 1.77 bits per heavy atom. The number of ketones is 2. The topological polar surface area (TPSA) is 101 Å². The molecule has 0 radical (unpaired) electrons. The number of hydrogen-bond donors (Lipinski definition) is 2. The highest BCUT2D eigenvalue weighted by Crippen LogP contribution is 2.38. The van der Waals surface area contributed by atoms with E-state index >= 15 is 0 Å². The van der Waals surface area contributed by atoms with Crippen LogP contribution in [0.2, 0.25) is 0 Å². The van der Waals surface area contributed by atoms with E-state index in [1.54, 1.807) is 36.5 Å². The fraction of sp³-hybridized carbons (Fsp3) is 0.269. The number of nitrogens with one attached hydrogen (secondary N) is 2. The highest BCUT2D eigenvalue weighted by Gasteiger charge is 2.42. The molecular formula is C26H26ClFN4O3. The molecule has 1 aliphatic carbocycles. The first-order chi connectivity index (χ1) is 16.3. The van der Waals surface area contributed by atoms with E-state index in [0.717, 1.165) is 11.1 Å². The van der Waals surface area contributed by atoms with Gasteiger partial charge in [0, 0.05) is 36.8 Å². The molecule has 0 spiro atoms. The van der Waals surface area contributed by atoms with Crippen LogP contribution in [0.5, 0.6) is 0 Å². The normalized spacial score (nSPS) is 17.1. The molecule has 2 atom stereocenters. The van der Waals surface area contributed by atoms with E-state index in [2.05, 4.69) is 20.6 Å². The summed E-state index contributed by atoms with van der Waals surface area (Å²) < 4.78 is 14.2. The zero-order chi connectivity index (χ0) is 24.2. The van der Waals surface area contributed by atoms with Crippen molar-refractivity contribution in [1.29, 1.82) is 0 Å². The summed E-state index contributed by atoms with van der Waals surface area (Å²) in [5.41, 5.74) is 3.02. The van der Waals surface area contributed by atoms with Crippen molar-refractivity contribution in [2.75, 3.05) is 11.9 Å². The number of benzene rings is 1. The van der Waals surface area contributed by atoms with Gasteiger partial charge in [0.15, 0.2) is 5.78 Å². The first-order valence-electron chi connectivity index (χ1n) is 11.1. The van der Waals surface area contributed by atoms with Crippen molar-refractivity contribution in [2.24, 2.45) is 5.92 Å². The monoisotopic (exact) mass is 496 g/mol. The van der Waals surface area contributed by atoms with Gasteiger partial charge in [-0.05, 0) is 73.4 Å². The second kappa shape index (κ2) is 11.2. The second-order valence-corrected chi connectivity index (χ2v) is 8.44. The number of aromatic nitrogens is 2. The lowest BCUT2D eigenvalue weighted by Gasteiger charge is -2.17. The highest BCUT2D eigenvalue weighted by molar-refractivity contribution is 6.15.